The summed E-state index contributed by atoms with van der Waals surface area (Å²) in [5.74, 6) is 0.691. The van der Waals surface area contributed by atoms with Gasteiger partial charge in [0.25, 0.3) is 5.91 Å². The van der Waals surface area contributed by atoms with Gasteiger partial charge in [-0.2, -0.15) is 5.10 Å². The fraction of sp³-hybridized carbons (Fsp3) is 0.348. The number of carbonyl (C=O) groups excluding carboxylic acids is 1. The molecule has 0 unspecified atom stereocenters. The molecule has 0 aliphatic heterocycles. The van der Waals surface area contributed by atoms with Gasteiger partial charge in [-0.1, -0.05) is 43.2 Å². The van der Waals surface area contributed by atoms with Crippen LogP contribution in [0.5, 0.6) is 0 Å². The van der Waals surface area contributed by atoms with Crippen LogP contribution in [-0.2, 0) is 5.75 Å². The molecule has 30 heavy (non-hydrogen) atoms. The maximum atomic E-state index is 12.7. The number of H-pyrrole nitrogens is 1. The van der Waals surface area contributed by atoms with Gasteiger partial charge >= 0.3 is 0 Å². The summed E-state index contributed by atoms with van der Waals surface area (Å²) in [5, 5.41) is 11.3. The van der Waals surface area contributed by atoms with E-state index in [2.05, 4.69) is 39.6 Å². The maximum Gasteiger partial charge on any atom is 0.255 e. The van der Waals surface area contributed by atoms with Crippen molar-refractivity contribution in [3.63, 3.8) is 0 Å². The standard InChI is InChI=1S/C23H26N4OS2/c1-16-13-20(30-19-5-3-2-4-6-19)11-12-21(16)26-22(28)18-9-7-17(8-10-18)14-29-23-24-15-25-27-23/h7-13,15,19H,2-6,14H2,1H3,(H,26,28)(H,24,25,27). The summed E-state index contributed by atoms with van der Waals surface area (Å²) in [4.78, 5) is 18.1. The number of carbonyl (C=O) groups is 1. The maximum absolute atomic E-state index is 12.7. The number of hydrogen-bond donors (Lipinski definition) is 2. The quantitative estimate of drug-likeness (QED) is 0.437. The van der Waals surface area contributed by atoms with Crippen molar-refractivity contribution in [2.75, 3.05) is 5.32 Å². The summed E-state index contributed by atoms with van der Waals surface area (Å²) in [6.45, 7) is 2.06. The zero-order valence-electron chi connectivity index (χ0n) is 17.1. The SMILES string of the molecule is Cc1cc(SC2CCCCC2)ccc1NC(=O)c1ccc(CSc2ncn[nH]2)cc1. The number of nitrogens with one attached hydrogen (secondary N) is 2. The zero-order valence-corrected chi connectivity index (χ0v) is 18.7. The molecule has 1 aliphatic rings. The van der Waals surface area contributed by atoms with Crippen molar-refractivity contribution in [3.8, 4) is 0 Å². The summed E-state index contributed by atoms with van der Waals surface area (Å²) >= 11 is 3.56. The minimum atomic E-state index is -0.0831. The molecule has 156 valence electrons. The molecule has 2 N–H and O–H groups in total. The number of amides is 1. The number of thioether (sulfide) groups is 2. The van der Waals surface area contributed by atoms with Crippen LogP contribution in [-0.4, -0.2) is 26.3 Å². The lowest BCUT2D eigenvalue weighted by atomic mass is 10.0. The number of aromatic amines is 1. The summed E-state index contributed by atoms with van der Waals surface area (Å²) in [5.41, 5.74) is 3.76. The molecule has 1 aromatic heterocycles. The van der Waals surface area contributed by atoms with E-state index in [1.54, 1.807) is 11.8 Å². The van der Waals surface area contributed by atoms with Gasteiger partial charge in [-0.25, -0.2) is 4.98 Å². The first-order valence-electron chi connectivity index (χ1n) is 10.3. The molecular formula is C23H26N4OS2. The highest BCUT2D eigenvalue weighted by atomic mass is 32.2. The van der Waals surface area contributed by atoms with Gasteiger partial charge in [-0.3, -0.25) is 9.89 Å². The van der Waals surface area contributed by atoms with Crippen LogP contribution >= 0.6 is 23.5 Å². The third-order valence-electron chi connectivity index (χ3n) is 5.29. The monoisotopic (exact) mass is 438 g/mol. The van der Waals surface area contributed by atoms with Crippen LogP contribution in [0, 0.1) is 6.92 Å². The first-order chi connectivity index (χ1) is 14.7. The molecule has 1 heterocycles. The fourth-order valence-corrected chi connectivity index (χ4v) is 5.67. The minimum absolute atomic E-state index is 0.0831. The van der Waals surface area contributed by atoms with E-state index in [1.807, 2.05) is 42.1 Å². The summed E-state index contributed by atoms with van der Waals surface area (Å²) in [6.07, 6.45) is 8.20. The van der Waals surface area contributed by atoms with Gasteiger partial charge in [0, 0.05) is 27.1 Å². The van der Waals surface area contributed by atoms with E-state index in [0.717, 1.165) is 33.0 Å². The largest absolute Gasteiger partial charge is 0.322 e. The van der Waals surface area contributed by atoms with Crippen LogP contribution in [0.2, 0.25) is 0 Å². The Labute approximate surface area is 185 Å². The number of nitrogens with zero attached hydrogens (tertiary/aromatic N) is 2. The molecule has 0 saturated heterocycles. The lowest BCUT2D eigenvalue weighted by Crippen LogP contribution is -2.13. The van der Waals surface area contributed by atoms with E-state index < -0.39 is 0 Å². The lowest BCUT2D eigenvalue weighted by molar-refractivity contribution is 0.102. The average molecular weight is 439 g/mol. The average Bonchev–Trinajstić information content (AvgIpc) is 3.29. The lowest BCUT2D eigenvalue weighted by Gasteiger charge is -2.21. The molecule has 7 heteroatoms. The van der Waals surface area contributed by atoms with E-state index >= 15 is 0 Å². The van der Waals surface area contributed by atoms with E-state index in [-0.39, 0.29) is 5.91 Å². The fourth-order valence-electron chi connectivity index (χ4n) is 3.59. The summed E-state index contributed by atoms with van der Waals surface area (Å²) in [6, 6.07) is 14.1. The van der Waals surface area contributed by atoms with Crippen molar-refractivity contribution >= 4 is 35.1 Å². The topological polar surface area (TPSA) is 70.7 Å². The van der Waals surface area contributed by atoms with Crippen molar-refractivity contribution in [2.24, 2.45) is 0 Å². The Morgan fingerprint density at radius 2 is 1.93 bits per heavy atom. The summed E-state index contributed by atoms with van der Waals surface area (Å²) < 4.78 is 0. The Bertz CT molecular complexity index is 967. The van der Waals surface area contributed by atoms with Gasteiger partial charge in [-0.05, 0) is 61.2 Å². The van der Waals surface area contributed by atoms with Gasteiger partial charge in [0.15, 0.2) is 5.16 Å². The molecular weight excluding hydrogens is 412 g/mol. The van der Waals surface area contributed by atoms with Crippen molar-refractivity contribution in [1.29, 1.82) is 0 Å². The molecule has 0 atom stereocenters. The van der Waals surface area contributed by atoms with Crippen molar-refractivity contribution < 1.29 is 4.79 Å². The van der Waals surface area contributed by atoms with Crippen LogP contribution in [0.3, 0.4) is 0 Å². The predicted octanol–water partition coefficient (Wildman–Crippen LogP) is 6.08. The highest BCUT2D eigenvalue weighted by molar-refractivity contribution is 8.00. The normalized spacial score (nSPS) is 14.6. The molecule has 0 bridgehead atoms. The van der Waals surface area contributed by atoms with Crippen LogP contribution in [0.4, 0.5) is 5.69 Å². The number of aromatic nitrogens is 3. The number of aryl methyl sites for hydroxylation is 1. The highest BCUT2D eigenvalue weighted by Crippen LogP contribution is 2.35. The Balaban J connectivity index is 1.33. The van der Waals surface area contributed by atoms with Crippen LogP contribution < -0.4 is 5.32 Å². The molecule has 3 aromatic rings. The molecule has 1 fully saturated rings. The molecule has 1 amide bonds. The number of hydrogen-bond acceptors (Lipinski definition) is 5. The van der Waals surface area contributed by atoms with Crippen molar-refractivity contribution in [3.05, 3.63) is 65.5 Å². The second-order valence-corrected chi connectivity index (χ2v) is 9.92. The Morgan fingerprint density at radius 3 is 2.63 bits per heavy atom. The first kappa shape index (κ1) is 21.0. The molecule has 1 aliphatic carbocycles. The van der Waals surface area contributed by atoms with Gasteiger partial charge in [0.05, 0.1) is 0 Å². The molecule has 1 saturated carbocycles. The molecule has 0 spiro atoms. The number of rotatable bonds is 7. The molecule has 4 rings (SSSR count). The van der Waals surface area contributed by atoms with Gasteiger partial charge < -0.3 is 5.32 Å². The third kappa shape index (κ3) is 5.67. The smallest absolute Gasteiger partial charge is 0.255 e. The third-order valence-corrected chi connectivity index (χ3v) is 7.56. The molecule has 2 aromatic carbocycles. The Hall–Kier alpha value is -2.25. The van der Waals surface area contributed by atoms with Crippen LogP contribution in [0.25, 0.3) is 0 Å². The number of anilines is 1. The van der Waals surface area contributed by atoms with Gasteiger partial charge in [0.2, 0.25) is 0 Å². The highest BCUT2D eigenvalue weighted by Gasteiger charge is 2.15. The first-order valence-corrected chi connectivity index (χ1v) is 12.2. The van der Waals surface area contributed by atoms with E-state index in [4.69, 9.17) is 0 Å². The van der Waals surface area contributed by atoms with Gasteiger partial charge in [0.1, 0.15) is 6.33 Å². The molecule has 0 radical (unpaired) electrons. The second kappa shape index (κ2) is 10.2. The van der Waals surface area contributed by atoms with E-state index in [0.29, 0.717) is 5.56 Å². The molecule has 5 nitrogen and oxygen atoms in total. The van der Waals surface area contributed by atoms with Crippen LogP contribution in [0.1, 0.15) is 53.6 Å². The van der Waals surface area contributed by atoms with Gasteiger partial charge in [-0.15, -0.1) is 11.8 Å². The Morgan fingerprint density at radius 1 is 1.13 bits per heavy atom. The number of benzene rings is 2. The van der Waals surface area contributed by atoms with Crippen molar-refractivity contribution in [2.45, 2.75) is 60.1 Å². The predicted molar refractivity (Wildman–Crippen MR) is 124 cm³/mol. The summed E-state index contributed by atoms with van der Waals surface area (Å²) in [7, 11) is 0. The van der Waals surface area contributed by atoms with Crippen molar-refractivity contribution in [1.82, 2.24) is 15.2 Å². The minimum Gasteiger partial charge on any atom is -0.322 e. The Kier molecular flexibility index (Phi) is 7.12. The van der Waals surface area contributed by atoms with E-state index in [9.17, 15) is 4.79 Å². The van der Waals surface area contributed by atoms with Crippen LogP contribution in [0.15, 0.2) is 58.8 Å². The van der Waals surface area contributed by atoms with E-state index in [1.165, 1.54) is 43.3 Å². The second-order valence-electron chi connectivity index (χ2n) is 7.58. The zero-order chi connectivity index (χ0) is 20.8.